The standard InChI is InChI=1S/C24H22FNO3S/c1-15(2)26-23(27)22(30-24(26)28)12-16-7-8-18-13-20(10-9-17(18)11-16)29-14-19-5-3-4-6-21(19)25/h3-11,13,15,22H,12,14H2,1-2H3. The normalized spacial score (nSPS) is 16.7. The zero-order valence-corrected chi connectivity index (χ0v) is 17.6. The van der Waals surface area contributed by atoms with Crippen molar-refractivity contribution in [2.75, 3.05) is 0 Å². The minimum Gasteiger partial charge on any atom is -0.489 e. The number of imide groups is 1. The maximum absolute atomic E-state index is 13.7. The van der Waals surface area contributed by atoms with Gasteiger partial charge in [-0.25, -0.2) is 4.39 Å². The number of hydrogen-bond donors (Lipinski definition) is 0. The number of nitrogens with zero attached hydrogens (tertiary/aromatic N) is 1. The van der Waals surface area contributed by atoms with Crippen LogP contribution in [-0.4, -0.2) is 27.3 Å². The molecule has 1 aliphatic heterocycles. The summed E-state index contributed by atoms with van der Waals surface area (Å²) in [4.78, 5) is 26.0. The first kappa shape index (κ1) is 20.4. The van der Waals surface area contributed by atoms with Crippen molar-refractivity contribution in [2.24, 2.45) is 0 Å². The highest BCUT2D eigenvalue weighted by molar-refractivity contribution is 8.15. The van der Waals surface area contributed by atoms with Gasteiger partial charge in [0.05, 0.1) is 5.25 Å². The van der Waals surface area contributed by atoms with Crippen LogP contribution in [0.15, 0.2) is 60.7 Å². The Kier molecular flexibility index (Phi) is 5.77. The minimum absolute atomic E-state index is 0.114. The molecule has 30 heavy (non-hydrogen) atoms. The number of hydrogen-bond acceptors (Lipinski definition) is 4. The van der Waals surface area contributed by atoms with Crippen LogP contribution in [0.3, 0.4) is 0 Å². The zero-order valence-electron chi connectivity index (χ0n) is 16.8. The number of carbonyl (C=O) groups excluding carboxylic acids is 2. The fourth-order valence-corrected chi connectivity index (χ4v) is 4.70. The lowest BCUT2D eigenvalue weighted by Gasteiger charge is -2.17. The van der Waals surface area contributed by atoms with E-state index in [1.165, 1.54) is 11.0 Å². The van der Waals surface area contributed by atoms with E-state index in [-0.39, 0.29) is 34.9 Å². The van der Waals surface area contributed by atoms with Crippen LogP contribution in [0.25, 0.3) is 10.8 Å². The van der Waals surface area contributed by atoms with E-state index < -0.39 is 0 Å². The molecule has 0 radical (unpaired) electrons. The van der Waals surface area contributed by atoms with Gasteiger partial charge in [-0.05, 0) is 54.8 Å². The third-order valence-corrected chi connectivity index (χ3v) is 6.17. The Morgan fingerprint density at radius 3 is 2.50 bits per heavy atom. The van der Waals surface area contributed by atoms with Crippen molar-refractivity contribution >= 4 is 33.7 Å². The molecule has 0 aliphatic carbocycles. The van der Waals surface area contributed by atoms with Crippen molar-refractivity contribution in [2.45, 2.75) is 38.2 Å². The number of fused-ring (bicyclic) bond motifs is 1. The van der Waals surface area contributed by atoms with Gasteiger partial charge in [-0.15, -0.1) is 0 Å². The van der Waals surface area contributed by atoms with Crippen LogP contribution in [-0.2, 0) is 17.8 Å². The molecule has 154 valence electrons. The maximum atomic E-state index is 13.7. The SMILES string of the molecule is CC(C)N1C(=O)SC(Cc2ccc3cc(OCc4ccccc4F)ccc3c2)C1=O. The van der Waals surface area contributed by atoms with Crippen LogP contribution in [0.4, 0.5) is 9.18 Å². The lowest BCUT2D eigenvalue weighted by Crippen LogP contribution is -2.37. The summed E-state index contributed by atoms with van der Waals surface area (Å²) in [7, 11) is 0. The first-order chi connectivity index (χ1) is 14.4. The number of rotatable bonds is 6. The van der Waals surface area contributed by atoms with Gasteiger partial charge in [0.15, 0.2) is 0 Å². The second kappa shape index (κ2) is 8.48. The molecule has 6 heteroatoms. The van der Waals surface area contributed by atoms with Gasteiger partial charge in [-0.1, -0.05) is 54.2 Å². The van der Waals surface area contributed by atoms with Crippen LogP contribution in [0.5, 0.6) is 5.75 Å². The Labute approximate surface area is 179 Å². The molecule has 3 aromatic rings. The third kappa shape index (κ3) is 4.19. The average Bonchev–Trinajstić information content (AvgIpc) is 3.00. The number of thioether (sulfide) groups is 1. The molecule has 2 amide bonds. The van der Waals surface area contributed by atoms with Gasteiger partial charge in [-0.3, -0.25) is 14.5 Å². The summed E-state index contributed by atoms with van der Waals surface area (Å²) in [5, 5.41) is 1.47. The molecule has 3 aromatic carbocycles. The molecule has 1 unspecified atom stereocenters. The average molecular weight is 424 g/mol. The van der Waals surface area contributed by atoms with E-state index in [9.17, 15) is 14.0 Å². The van der Waals surface area contributed by atoms with E-state index in [4.69, 9.17) is 4.74 Å². The lowest BCUT2D eigenvalue weighted by molar-refractivity contribution is -0.127. The van der Waals surface area contributed by atoms with Crippen molar-refractivity contribution in [3.05, 3.63) is 77.6 Å². The fourth-order valence-electron chi connectivity index (χ4n) is 3.55. The predicted octanol–water partition coefficient (Wildman–Crippen LogP) is 5.57. The van der Waals surface area contributed by atoms with Crippen LogP contribution < -0.4 is 4.74 Å². The van der Waals surface area contributed by atoms with Gasteiger partial charge in [0, 0.05) is 11.6 Å². The Morgan fingerprint density at radius 2 is 1.77 bits per heavy atom. The van der Waals surface area contributed by atoms with Gasteiger partial charge >= 0.3 is 0 Å². The summed E-state index contributed by atoms with van der Waals surface area (Å²) in [5.41, 5.74) is 1.52. The van der Waals surface area contributed by atoms with E-state index in [2.05, 4.69) is 0 Å². The Morgan fingerprint density at radius 1 is 1.03 bits per heavy atom. The first-order valence-corrected chi connectivity index (χ1v) is 10.7. The highest BCUT2D eigenvalue weighted by atomic mass is 32.2. The number of ether oxygens (including phenoxy) is 1. The van der Waals surface area contributed by atoms with Gasteiger partial charge in [0.2, 0.25) is 5.91 Å². The molecule has 4 nitrogen and oxygen atoms in total. The molecular weight excluding hydrogens is 401 g/mol. The van der Waals surface area contributed by atoms with Gasteiger partial charge in [0.1, 0.15) is 18.2 Å². The largest absolute Gasteiger partial charge is 0.489 e. The van der Waals surface area contributed by atoms with Crippen molar-refractivity contribution in [1.29, 1.82) is 0 Å². The molecule has 1 fully saturated rings. The summed E-state index contributed by atoms with van der Waals surface area (Å²) < 4.78 is 19.5. The predicted molar refractivity (Wildman–Crippen MR) is 117 cm³/mol. The molecule has 1 heterocycles. The van der Waals surface area contributed by atoms with E-state index in [1.807, 2.05) is 50.2 Å². The zero-order chi connectivity index (χ0) is 21.3. The second-order valence-electron chi connectivity index (χ2n) is 7.60. The summed E-state index contributed by atoms with van der Waals surface area (Å²) >= 11 is 1.11. The van der Waals surface area contributed by atoms with Crippen LogP contribution in [0.1, 0.15) is 25.0 Å². The molecule has 1 aliphatic rings. The van der Waals surface area contributed by atoms with Crippen LogP contribution in [0.2, 0.25) is 0 Å². The van der Waals surface area contributed by atoms with E-state index in [0.717, 1.165) is 28.1 Å². The molecule has 1 atom stereocenters. The molecule has 4 rings (SSSR count). The fraction of sp³-hybridized carbons (Fsp3) is 0.250. The van der Waals surface area contributed by atoms with Crippen molar-refractivity contribution in [3.63, 3.8) is 0 Å². The Bertz CT molecular complexity index is 1110. The minimum atomic E-state index is -0.374. The highest BCUT2D eigenvalue weighted by Gasteiger charge is 2.40. The summed E-state index contributed by atoms with van der Waals surface area (Å²) in [6.45, 7) is 3.86. The van der Waals surface area contributed by atoms with E-state index in [0.29, 0.717) is 17.7 Å². The van der Waals surface area contributed by atoms with Gasteiger partial charge in [0.25, 0.3) is 5.24 Å². The molecule has 0 bridgehead atoms. The quantitative estimate of drug-likeness (QED) is 0.520. The van der Waals surface area contributed by atoms with E-state index in [1.54, 1.807) is 18.2 Å². The molecule has 0 aromatic heterocycles. The maximum Gasteiger partial charge on any atom is 0.289 e. The van der Waals surface area contributed by atoms with Crippen molar-refractivity contribution < 1.29 is 18.7 Å². The molecule has 0 spiro atoms. The number of carbonyl (C=O) groups is 2. The summed E-state index contributed by atoms with van der Waals surface area (Å²) in [5.74, 6) is 0.270. The number of halogens is 1. The molecule has 0 N–H and O–H groups in total. The Hall–Kier alpha value is -2.86. The summed E-state index contributed by atoms with van der Waals surface area (Å²) in [6, 6.07) is 18.1. The molecular formula is C24H22FNO3S. The smallest absolute Gasteiger partial charge is 0.289 e. The molecule has 1 saturated heterocycles. The highest BCUT2D eigenvalue weighted by Crippen LogP contribution is 2.32. The monoisotopic (exact) mass is 423 g/mol. The van der Waals surface area contributed by atoms with E-state index >= 15 is 0 Å². The van der Waals surface area contributed by atoms with Crippen molar-refractivity contribution in [3.8, 4) is 5.75 Å². The van der Waals surface area contributed by atoms with Gasteiger partial charge < -0.3 is 4.74 Å². The molecule has 0 saturated carbocycles. The topological polar surface area (TPSA) is 46.6 Å². The number of benzene rings is 3. The number of amides is 2. The summed E-state index contributed by atoms with van der Waals surface area (Å²) in [6.07, 6.45) is 0.514. The van der Waals surface area contributed by atoms with Crippen molar-refractivity contribution in [1.82, 2.24) is 4.90 Å². The first-order valence-electron chi connectivity index (χ1n) is 9.85. The second-order valence-corrected chi connectivity index (χ2v) is 8.76. The Balaban J connectivity index is 1.46. The van der Waals surface area contributed by atoms with Crippen LogP contribution >= 0.6 is 11.8 Å². The lowest BCUT2D eigenvalue weighted by atomic mass is 10.0. The van der Waals surface area contributed by atoms with Crippen LogP contribution in [0, 0.1) is 5.82 Å². The van der Waals surface area contributed by atoms with Gasteiger partial charge in [-0.2, -0.15) is 0 Å². The third-order valence-electron chi connectivity index (χ3n) is 5.12.